The van der Waals surface area contributed by atoms with Gasteiger partial charge >= 0.3 is 8.56 Å². The van der Waals surface area contributed by atoms with Gasteiger partial charge in [-0.2, -0.15) is 0 Å². The van der Waals surface area contributed by atoms with Crippen LogP contribution in [-0.2, 0) is 8.85 Å². The Kier molecular flexibility index (Phi) is 13.3. The van der Waals surface area contributed by atoms with Gasteiger partial charge in [0.15, 0.2) is 0 Å². The van der Waals surface area contributed by atoms with E-state index in [1.807, 2.05) is 0 Å². The monoisotopic (exact) mass is 452 g/mol. The molecule has 0 spiro atoms. The minimum atomic E-state index is -2.75. The van der Waals surface area contributed by atoms with Crippen LogP contribution in [0, 0.1) is 0 Å². The van der Waals surface area contributed by atoms with Crippen LogP contribution in [0.25, 0.3) is 0 Å². The Labute approximate surface area is 198 Å². The van der Waals surface area contributed by atoms with Crippen LogP contribution in [0.5, 0.6) is 0 Å². The average molecular weight is 453 g/mol. The lowest BCUT2D eigenvalue weighted by Gasteiger charge is -2.31. The van der Waals surface area contributed by atoms with Crippen molar-refractivity contribution >= 4 is 18.9 Å². The van der Waals surface area contributed by atoms with Crippen LogP contribution in [0.4, 0.5) is 0 Å². The Morgan fingerprint density at radius 2 is 1.09 bits per heavy atom. The van der Waals surface area contributed by atoms with E-state index in [1.165, 1.54) is 68.2 Å². The number of hydrogen-bond donors (Lipinski definition) is 0. The largest absolute Gasteiger partial charge is 0.407 e. The lowest BCUT2D eigenvalue weighted by Crippen LogP contribution is -2.63. The van der Waals surface area contributed by atoms with Crippen molar-refractivity contribution in [3.8, 4) is 0 Å². The zero-order chi connectivity index (χ0) is 22.9. The highest BCUT2D eigenvalue weighted by atomic mass is 28.4. The van der Waals surface area contributed by atoms with Gasteiger partial charge in [0, 0.05) is 13.2 Å². The molecule has 0 unspecified atom stereocenters. The summed E-state index contributed by atoms with van der Waals surface area (Å²) in [6, 6.07) is 21.1. The van der Waals surface area contributed by atoms with Crippen LogP contribution >= 0.6 is 0 Å². The maximum Gasteiger partial charge on any atom is 0.407 e. The third-order valence-electron chi connectivity index (χ3n) is 5.95. The molecule has 176 valence electrons. The van der Waals surface area contributed by atoms with Crippen molar-refractivity contribution in [1.29, 1.82) is 0 Å². The normalized spacial score (nSPS) is 11.6. The van der Waals surface area contributed by atoms with E-state index in [4.69, 9.17) is 8.85 Å². The summed E-state index contributed by atoms with van der Waals surface area (Å²) in [5, 5.41) is 2.36. The third-order valence-corrected chi connectivity index (χ3v) is 9.35. The van der Waals surface area contributed by atoms with Crippen LogP contribution in [-0.4, -0.2) is 21.8 Å². The molecule has 0 saturated carbocycles. The molecular formula is C29H44O2Si. The Balaban J connectivity index is 1.94. The summed E-state index contributed by atoms with van der Waals surface area (Å²) >= 11 is 0. The van der Waals surface area contributed by atoms with Crippen molar-refractivity contribution in [2.45, 2.75) is 84.5 Å². The Hall–Kier alpha value is -1.68. The molecule has 0 amide bonds. The summed E-state index contributed by atoms with van der Waals surface area (Å²) in [6.07, 6.45) is 14.1. The Bertz CT molecular complexity index is 690. The molecule has 0 heterocycles. The molecule has 0 aromatic heterocycles. The maximum absolute atomic E-state index is 6.74. The highest BCUT2D eigenvalue weighted by molar-refractivity contribution is 6.92. The highest BCUT2D eigenvalue weighted by Crippen LogP contribution is 2.15. The zero-order valence-electron chi connectivity index (χ0n) is 20.5. The first-order chi connectivity index (χ1) is 15.7. The molecule has 0 radical (unpaired) electrons. The van der Waals surface area contributed by atoms with Gasteiger partial charge in [-0.25, -0.2) is 0 Å². The van der Waals surface area contributed by atoms with Crippen LogP contribution < -0.4 is 10.4 Å². The van der Waals surface area contributed by atoms with Gasteiger partial charge in [-0.1, -0.05) is 131 Å². The third kappa shape index (κ3) is 9.44. The lowest BCUT2D eigenvalue weighted by atomic mass is 10.1. The molecular weight excluding hydrogens is 408 g/mol. The minimum absolute atomic E-state index is 0.642. The van der Waals surface area contributed by atoms with Gasteiger partial charge in [0.05, 0.1) is 0 Å². The highest BCUT2D eigenvalue weighted by Gasteiger charge is 2.42. The summed E-state index contributed by atoms with van der Waals surface area (Å²) in [5.41, 5.74) is 1.14. The van der Waals surface area contributed by atoms with Crippen LogP contribution in [0.3, 0.4) is 0 Å². The van der Waals surface area contributed by atoms with Gasteiger partial charge < -0.3 is 8.85 Å². The molecule has 32 heavy (non-hydrogen) atoms. The fourth-order valence-corrected chi connectivity index (χ4v) is 7.20. The zero-order valence-corrected chi connectivity index (χ0v) is 21.5. The molecule has 0 aliphatic rings. The molecule has 3 heteroatoms. The van der Waals surface area contributed by atoms with Crippen molar-refractivity contribution in [2.24, 2.45) is 0 Å². The first-order valence-corrected chi connectivity index (χ1v) is 14.5. The van der Waals surface area contributed by atoms with Crippen LogP contribution in [0.15, 0.2) is 72.8 Å². The molecule has 2 aromatic rings. The van der Waals surface area contributed by atoms with E-state index in [0.29, 0.717) is 6.61 Å². The molecule has 0 aliphatic heterocycles. The second-order valence-corrected chi connectivity index (χ2v) is 11.9. The molecule has 0 saturated heterocycles. The van der Waals surface area contributed by atoms with Crippen molar-refractivity contribution in [2.75, 3.05) is 13.2 Å². The van der Waals surface area contributed by atoms with Gasteiger partial charge in [0.2, 0.25) is 0 Å². The van der Waals surface area contributed by atoms with E-state index in [-0.39, 0.29) is 0 Å². The summed E-state index contributed by atoms with van der Waals surface area (Å²) in [5.74, 6) is 0. The summed E-state index contributed by atoms with van der Waals surface area (Å²) in [4.78, 5) is 0. The molecule has 0 bridgehead atoms. The smallest absolute Gasteiger partial charge is 0.388 e. The van der Waals surface area contributed by atoms with Crippen molar-refractivity contribution < 1.29 is 8.85 Å². The van der Waals surface area contributed by atoms with E-state index >= 15 is 0 Å². The van der Waals surface area contributed by atoms with E-state index < -0.39 is 8.56 Å². The summed E-state index contributed by atoms with van der Waals surface area (Å²) < 4.78 is 13.4. The van der Waals surface area contributed by atoms with E-state index in [9.17, 15) is 0 Å². The average Bonchev–Trinajstić information content (AvgIpc) is 2.82. The lowest BCUT2D eigenvalue weighted by molar-refractivity contribution is 0.189. The van der Waals surface area contributed by atoms with Crippen molar-refractivity contribution in [1.82, 2.24) is 0 Å². The maximum atomic E-state index is 6.74. The quantitative estimate of drug-likeness (QED) is 0.136. The molecule has 2 rings (SSSR count). The topological polar surface area (TPSA) is 18.5 Å². The molecule has 2 nitrogen and oxygen atoms in total. The number of rotatable bonds is 18. The molecule has 0 N–H and O–H groups in total. The Morgan fingerprint density at radius 1 is 0.656 bits per heavy atom. The Morgan fingerprint density at radius 3 is 1.56 bits per heavy atom. The first kappa shape index (κ1) is 26.6. The van der Waals surface area contributed by atoms with Gasteiger partial charge in [-0.05, 0) is 30.1 Å². The van der Waals surface area contributed by atoms with E-state index in [1.54, 1.807) is 0 Å². The van der Waals surface area contributed by atoms with Gasteiger partial charge in [-0.15, -0.1) is 6.58 Å². The standard InChI is InChI=1S/C29H44O2Si/c1-4-5-6-7-8-9-10-11-12-19-25-30-32(31-26-24-27(2)3,28-20-15-13-16-21-28)29-22-17-14-18-23-29/h13-18,20-23H,2,4-12,19,24-26H2,1,3H3. The fraction of sp³-hybridized carbons (Fsp3) is 0.517. The molecule has 0 fully saturated rings. The summed E-state index contributed by atoms with van der Waals surface area (Å²) in [6.45, 7) is 9.77. The van der Waals surface area contributed by atoms with Crippen LogP contribution in [0.1, 0.15) is 84.5 Å². The molecule has 0 aliphatic carbocycles. The second-order valence-electron chi connectivity index (χ2n) is 8.93. The number of unbranched alkanes of at least 4 members (excludes halogenated alkanes) is 9. The van der Waals surface area contributed by atoms with Crippen molar-refractivity contribution in [3.05, 3.63) is 72.8 Å². The van der Waals surface area contributed by atoms with Gasteiger partial charge in [-0.3, -0.25) is 0 Å². The number of benzene rings is 2. The van der Waals surface area contributed by atoms with E-state index in [2.05, 4.69) is 81.1 Å². The predicted molar refractivity (Wildman–Crippen MR) is 141 cm³/mol. The number of hydrogen-bond acceptors (Lipinski definition) is 2. The second kappa shape index (κ2) is 16.0. The first-order valence-electron chi connectivity index (χ1n) is 12.7. The van der Waals surface area contributed by atoms with Gasteiger partial charge in [0.1, 0.15) is 0 Å². The van der Waals surface area contributed by atoms with Gasteiger partial charge in [0.25, 0.3) is 0 Å². The minimum Gasteiger partial charge on any atom is -0.388 e. The predicted octanol–water partition coefficient (Wildman–Crippen LogP) is 7.16. The van der Waals surface area contributed by atoms with E-state index in [0.717, 1.165) is 25.0 Å². The molecule has 2 aromatic carbocycles. The fourth-order valence-electron chi connectivity index (χ4n) is 4.03. The SMILES string of the molecule is C=C(C)CCO[Si](OCCCCCCCCCCCC)(c1ccccc1)c1ccccc1. The van der Waals surface area contributed by atoms with Crippen molar-refractivity contribution in [3.63, 3.8) is 0 Å². The van der Waals surface area contributed by atoms with Crippen LogP contribution in [0.2, 0.25) is 0 Å². The molecule has 0 atom stereocenters. The summed E-state index contributed by atoms with van der Waals surface area (Å²) in [7, 11) is -2.75.